The fourth-order valence-electron chi connectivity index (χ4n) is 1.73. The van der Waals surface area contributed by atoms with E-state index in [2.05, 4.69) is 6.58 Å². The summed E-state index contributed by atoms with van der Waals surface area (Å²) in [5.41, 5.74) is 8.52. The molecule has 0 radical (unpaired) electrons. The highest BCUT2D eigenvalue weighted by atomic mass is 19.1. The number of rotatable bonds is 2. The van der Waals surface area contributed by atoms with Crippen LogP contribution in [0.2, 0.25) is 0 Å². The Morgan fingerprint density at radius 2 is 1.69 bits per heavy atom. The van der Waals surface area contributed by atoms with Gasteiger partial charge in [0.05, 0.1) is 0 Å². The molecule has 2 aromatic rings. The van der Waals surface area contributed by atoms with Gasteiger partial charge in [-0.1, -0.05) is 43.0 Å². The van der Waals surface area contributed by atoms with Crippen LogP contribution in [-0.2, 0) is 0 Å². The summed E-state index contributed by atoms with van der Waals surface area (Å²) in [5.74, 6) is -0.254. The van der Waals surface area contributed by atoms with Gasteiger partial charge in [-0.2, -0.15) is 0 Å². The van der Waals surface area contributed by atoms with Crippen LogP contribution in [0, 0.1) is 5.82 Å². The minimum absolute atomic E-state index is 0.254. The Balaban J connectivity index is 2.69. The van der Waals surface area contributed by atoms with Crippen molar-refractivity contribution in [2.75, 3.05) is 5.73 Å². The topological polar surface area (TPSA) is 26.0 Å². The van der Waals surface area contributed by atoms with E-state index < -0.39 is 0 Å². The number of anilines is 1. The first kappa shape index (κ1) is 10.4. The van der Waals surface area contributed by atoms with Crippen molar-refractivity contribution in [3.8, 4) is 11.1 Å². The van der Waals surface area contributed by atoms with Gasteiger partial charge in [0.2, 0.25) is 0 Å². The summed E-state index contributed by atoms with van der Waals surface area (Å²) in [6.45, 7) is 3.71. The molecule has 0 heterocycles. The molecule has 0 fully saturated rings. The van der Waals surface area contributed by atoms with Crippen molar-refractivity contribution in [3.63, 3.8) is 0 Å². The van der Waals surface area contributed by atoms with Gasteiger partial charge in [-0.15, -0.1) is 0 Å². The first-order chi connectivity index (χ1) is 7.74. The zero-order valence-corrected chi connectivity index (χ0v) is 8.78. The van der Waals surface area contributed by atoms with Gasteiger partial charge in [-0.3, -0.25) is 0 Å². The molecular formula is C14H12FN. The van der Waals surface area contributed by atoms with Gasteiger partial charge < -0.3 is 5.73 Å². The van der Waals surface area contributed by atoms with Gasteiger partial charge in [0.25, 0.3) is 0 Å². The molecular weight excluding hydrogens is 201 g/mol. The van der Waals surface area contributed by atoms with E-state index in [1.807, 2.05) is 12.1 Å². The van der Waals surface area contributed by atoms with Crippen molar-refractivity contribution in [2.45, 2.75) is 0 Å². The Bertz CT molecular complexity index is 532. The lowest BCUT2D eigenvalue weighted by atomic mass is 9.98. The molecule has 16 heavy (non-hydrogen) atoms. The normalized spacial score (nSPS) is 10.1. The molecule has 0 unspecified atom stereocenters. The number of nitrogen functional groups attached to an aromatic ring is 1. The number of nitrogens with two attached hydrogens (primary N) is 1. The van der Waals surface area contributed by atoms with E-state index in [1.165, 1.54) is 6.07 Å². The second kappa shape index (κ2) is 4.19. The maximum atomic E-state index is 13.6. The van der Waals surface area contributed by atoms with Gasteiger partial charge in [-0.25, -0.2) is 4.39 Å². The average Bonchev–Trinajstić information content (AvgIpc) is 2.29. The Kier molecular flexibility index (Phi) is 2.73. The summed E-state index contributed by atoms with van der Waals surface area (Å²) in [7, 11) is 0. The van der Waals surface area contributed by atoms with Crippen LogP contribution in [-0.4, -0.2) is 0 Å². The standard InChI is InChI=1S/C14H12FN/c1-2-10-11(7-5-9-14(10)16)12-6-3-4-8-13(12)15/h2-9H,1,16H2. The molecule has 0 saturated carbocycles. The van der Waals surface area contributed by atoms with Crippen LogP contribution in [0.15, 0.2) is 49.0 Å². The molecule has 2 aromatic carbocycles. The number of benzene rings is 2. The van der Waals surface area contributed by atoms with Crippen molar-refractivity contribution in [3.05, 3.63) is 60.4 Å². The molecule has 80 valence electrons. The summed E-state index contributed by atoms with van der Waals surface area (Å²) < 4.78 is 13.6. The predicted octanol–water partition coefficient (Wildman–Crippen LogP) is 3.72. The molecule has 2 heteroatoms. The molecule has 0 aromatic heterocycles. The van der Waals surface area contributed by atoms with Gasteiger partial charge in [0.15, 0.2) is 0 Å². The Labute approximate surface area is 94.0 Å². The van der Waals surface area contributed by atoms with Gasteiger partial charge in [0, 0.05) is 16.8 Å². The van der Waals surface area contributed by atoms with Crippen molar-refractivity contribution >= 4 is 11.8 Å². The lowest BCUT2D eigenvalue weighted by molar-refractivity contribution is 0.631. The van der Waals surface area contributed by atoms with E-state index in [0.29, 0.717) is 11.3 Å². The molecule has 0 aliphatic rings. The van der Waals surface area contributed by atoms with Crippen molar-refractivity contribution in [2.24, 2.45) is 0 Å². The molecule has 0 spiro atoms. The number of hydrogen-bond acceptors (Lipinski definition) is 1. The molecule has 1 nitrogen and oxygen atoms in total. The largest absolute Gasteiger partial charge is 0.398 e. The smallest absolute Gasteiger partial charge is 0.131 e. The van der Waals surface area contributed by atoms with E-state index in [9.17, 15) is 4.39 Å². The summed E-state index contributed by atoms with van der Waals surface area (Å²) in [6, 6.07) is 12.1. The van der Waals surface area contributed by atoms with Gasteiger partial charge in [-0.05, 0) is 17.7 Å². The average molecular weight is 213 g/mol. The van der Waals surface area contributed by atoms with Crippen LogP contribution in [0.25, 0.3) is 17.2 Å². The Morgan fingerprint density at radius 3 is 2.38 bits per heavy atom. The highest BCUT2D eigenvalue weighted by Gasteiger charge is 2.08. The van der Waals surface area contributed by atoms with E-state index in [-0.39, 0.29) is 5.82 Å². The van der Waals surface area contributed by atoms with Crippen molar-refractivity contribution in [1.29, 1.82) is 0 Å². The lowest BCUT2D eigenvalue weighted by Crippen LogP contribution is -1.93. The maximum absolute atomic E-state index is 13.6. The molecule has 0 bridgehead atoms. The van der Waals surface area contributed by atoms with Crippen LogP contribution in [0.3, 0.4) is 0 Å². The number of halogens is 1. The molecule has 0 amide bonds. The number of hydrogen-bond donors (Lipinski definition) is 1. The minimum Gasteiger partial charge on any atom is -0.398 e. The first-order valence-corrected chi connectivity index (χ1v) is 5.00. The van der Waals surface area contributed by atoms with Crippen LogP contribution in [0.4, 0.5) is 10.1 Å². The fraction of sp³-hybridized carbons (Fsp3) is 0. The van der Waals surface area contributed by atoms with Crippen LogP contribution in [0.5, 0.6) is 0 Å². The fourth-order valence-corrected chi connectivity index (χ4v) is 1.73. The van der Waals surface area contributed by atoms with E-state index in [4.69, 9.17) is 5.73 Å². The Hall–Kier alpha value is -2.09. The second-order valence-corrected chi connectivity index (χ2v) is 3.49. The van der Waals surface area contributed by atoms with Crippen LogP contribution < -0.4 is 5.73 Å². The zero-order chi connectivity index (χ0) is 11.5. The summed E-state index contributed by atoms with van der Waals surface area (Å²) in [5, 5.41) is 0. The SMILES string of the molecule is C=Cc1c(N)cccc1-c1ccccc1F. The predicted molar refractivity (Wildman–Crippen MR) is 66.3 cm³/mol. The highest BCUT2D eigenvalue weighted by Crippen LogP contribution is 2.30. The van der Waals surface area contributed by atoms with E-state index >= 15 is 0 Å². The molecule has 2 N–H and O–H groups in total. The molecule has 0 aliphatic heterocycles. The summed E-state index contributed by atoms with van der Waals surface area (Å²) in [4.78, 5) is 0. The van der Waals surface area contributed by atoms with E-state index in [1.54, 1.807) is 30.3 Å². The van der Waals surface area contributed by atoms with Crippen molar-refractivity contribution in [1.82, 2.24) is 0 Å². The monoisotopic (exact) mass is 213 g/mol. The van der Waals surface area contributed by atoms with Crippen LogP contribution in [0.1, 0.15) is 5.56 Å². The Morgan fingerprint density at radius 1 is 1.00 bits per heavy atom. The summed E-state index contributed by atoms with van der Waals surface area (Å²) >= 11 is 0. The maximum Gasteiger partial charge on any atom is 0.131 e. The molecule has 0 saturated heterocycles. The molecule has 2 rings (SSSR count). The molecule has 0 atom stereocenters. The third kappa shape index (κ3) is 1.70. The van der Waals surface area contributed by atoms with Crippen LogP contribution >= 0.6 is 0 Å². The third-order valence-electron chi connectivity index (χ3n) is 2.51. The van der Waals surface area contributed by atoms with Gasteiger partial charge >= 0.3 is 0 Å². The minimum atomic E-state index is -0.254. The molecule has 0 aliphatic carbocycles. The quantitative estimate of drug-likeness (QED) is 0.756. The third-order valence-corrected chi connectivity index (χ3v) is 2.51. The van der Waals surface area contributed by atoms with Crippen molar-refractivity contribution < 1.29 is 4.39 Å². The summed E-state index contributed by atoms with van der Waals surface area (Å²) in [6.07, 6.45) is 1.65. The zero-order valence-electron chi connectivity index (χ0n) is 8.78. The lowest BCUT2D eigenvalue weighted by Gasteiger charge is -2.09. The highest BCUT2D eigenvalue weighted by molar-refractivity contribution is 5.81. The first-order valence-electron chi connectivity index (χ1n) is 5.00. The van der Waals surface area contributed by atoms with Gasteiger partial charge in [0.1, 0.15) is 5.82 Å². The van der Waals surface area contributed by atoms with E-state index in [0.717, 1.165) is 11.1 Å². The second-order valence-electron chi connectivity index (χ2n) is 3.49.